The van der Waals surface area contributed by atoms with E-state index in [4.69, 9.17) is 5.11 Å². The van der Waals surface area contributed by atoms with Gasteiger partial charge in [-0.3, -0.25) is 10.1 Å². The van der Waals surface area contributed by atoms with E-state index in [0.29, 0.717) is 5.13 Å². The van der Waals surface area contributed by atoms with Crippen LogP contribution in [0.15, 0.2) is 5.38 Å². The molecule has 2 aromatic heterocycles. The van der Waals surface area contributed by atoms with Gasteiger partial charge < -0.3 is 5.11 Å². The number of nitrogens with one attached hydrogen (secondary N) is 1. The smallest absolute Gasteiger partial charge is 0.355 e. The van der Waals surface area contributed by atoms with Gasteiger partial charge in [-0.1, -0.05) is 0 Å². The summed E-state index contributed by atoms with van der Waals surface area (Å²) in [5.41, 5.74) is 0.959. The lowest BCUT2D eigenvalue weighted by Crippen LogP contribution is -2.12. The van der Waals surface area contributed by atoms with E-state index < -0.39 is 11.9 Å². The van der Waals surface area contributed by atoms with E-state index >= 15 is 0 Å². The molecule has 0 saturated heterocycles. The van der Waals surface area contributed by atoms with Crippen molar-refractivity contribution >= 4 is 39.7 Å². The summed E-state index contributed by atoms with van der Waals surface area (Å²) in [5.74, 6) is -1.54. The fourth-order valence-corrected chi connectivity index (χ4v) is 3.76. The van der Waals surface area contributed by atoms with Gasteiger partial charge >= 0.3 is 5.97 Å². The molecule has 2 heterocycles. The number of anilines is 1. The number of carboxylic acids is 1. The molecule has 20 heavy (non-hydrogen) atoms. The Morgan fingerprint density at radius 3 is 2.75 bits per heavy atom. The molecule has 0 aromatic carbocycles. The number of rotatable bonds is 3. The molecular formula is C12H11N3O3S2. The van der Waals surface area contributed by atoms with Crippen LogP contribution in [0.5, 0.6) is 0 Å². The molecule has 0 fully saturated rings. The van der Waals surface area contributed by atoms with Crippen molar-refractivity contribution in [1.82, 2.24) is 9.97 Å². The number of fused-ring (bicyclic) bond motifs is 1. The highest BCUT2D eigenvalue weighted by Crippen LogP contribution is 2.29. The van der Waals surface area contributed by atoms with Crippen LogP contribution in [-0.2, 0) is 12.8 Å². The van der Waals surface area contributed by atoms with Gasteiger partial charge in [0, 0.05) is 10.3 Å². The van der Waals surface area contributed by atoms with Crippen LogP contribution in [-0.4, -0.2) is 27.0 Å². The fourth-order valence-electron chi connectivity index (χ4n) is 2.03. The highest BCUT2D eigenvalue weighted by Gasteiger charge is 2.19. The molecule has 0 aliphatic heterocycles. The van der Waals surface area contributed by atoms with Crippen molar-refractivity contribution in [2.45, 2.75) is 25.7 Å². The van der Waals surface area contributed by atoms with Crippen LogP contribution in [0, 0.1) is 0 Å². The van der Waals surface area contributed by atoms with Crippen molar-refractivity contribution in [2.75, 3.05) is 5.32 Å². The van der Waals surface area contributed by atoms with Crippen molar-refractivity contribution in [3.8, 4) is 0 Å². The minimum Gasteiger partial charge on any atom is -0.476 e. The van der Waals surface area contributed by atoms with Crippen molar-refractivity contribution < 1.29 is 14.7 Å². The maximum absolute atomic E-state index is 12.0. The topological polar surface area (TPSA) is 92.2 Å². The first-order valence-electron chi connectivity index (χ1n) is 6.12. The number of carboxylic acid groups (broad SMARTS) is 1. The third-order valence-corrected chi connectivity index (χ3v) is 4.90. The highest BCUT2D eigenvalue weighted by atomic mass is 32.1. The first-order chi connectivity index (χ1) is 9.63. The summed E-state index contributed by atoms with van der Waals surface area (Å²) in [4.78, 5) is 32.1. The summed E-state index contributed by atoms with van der Waals surface area (Å²) < 4.78 is 0. The largest absolute Gasteiger partial charge is 0.476 e. The molecule has 1 amide bonds. The third-order valence-electron chi connectivity index (χ3n) is 2.98. The molecule has 0 radical (unpaired) electrons. The van der Waals surface area contributed by atoms with E-state index in [-0.39, 0.29) is 10.7 Å². The molecule has 0 spiro atoms. The van der Waals surface area contributed by atoms with Gasteiger partial charge in [0.1, 0.15) is 0 Å². The van der Waals surface area contributed by atoms with E-state index in [1.165, 1.54) is 21.6 Å². The second-order valence-corrected chi connectivity index (χ2v) is 6.33. The molecule has 6 nitrogen and oxygen atoms in total. The SMILES string of the molecule is O=C(O)c1csc(C(=O)Nc2nc3c(s2)CCCC3)n1. The number of carbonyl (C=O) groups is 2. The minimum atomic E-state index is -1.13. The third kappa shape index (κ3) is 2.56. The number of aromatic nitrogens is 2. The van der Waals surface area contributed by atoms with Crippen LogP contribution in [0.1, 0.15) is 43.7 Å². The Bertz CT molecular complexity index is 654. The van der Waals surface area contributed by atoms with E-state index in [2.05, 4.69) is 15.3 Å². The number of hydrogen-bond acceptors (Lipinski definition) is 6. The number of hydrogen-bond donors (Lipinski definition) is 2. The second-order valence-electron chi connectivity index (χ2n) is 4.39. The monoisotopic (exact) mass is 309 g/mol. The molecule has 1 aliphatic carbocycles. The maximum atomic E-state index is 12.0. The molecule has 2 aromatic rings. The lowest BCUT2D eigenvalue weighted by Gasteiger charge is -2.06. The molecular weight excluding hydrogens is 298 g/mol. The number of aryl methyl sites for hydroxylation is 2. The Hall–Kier alpha value is -1.80. The van der Waals surface area contributed by atoms with Gasteiger partial charge in [-0.15, -0.1) is 22.7 Å². The van der Waals surface area contributed by atoms with Crippen LogP contribution < -0.4 is 5.32 Å². The zero-order valence-electron chi connectivity index (χ0n) is 10.4. The molecule has 0 atom stereocenters. The lowest BCUT2D eigenvalue weighted by atomic mass is 10.0. The van der Waals surface area contributed by atoms with Crippen molar-refractivity contribution in [1.29, 1.82) is 0 Å². The first kappa shape index (κ1) is 13.2. The average molecular weight is 309 g/mol. The van der Waals surface area contributed by atoms with Gasteiger partial charge in [0.25, 0.3) is 5.91 Å². The number of amides is 1. The first-order valence-corrected chi connectivity index (χ1v) is 7.82. The van der Waals surface area contributed by atoms with Crippen molar-refractivity contribution in [2.24, 2.45) is 0 Å². The Kier molecular flexibility index (Phi) is 3.49. The predicted molar refractivity (Wildman–Crippen MR) is 75.8 cm³/mol. The average Bonchev–Trinajstić information content (AvgIpc) is 3.04. The molecule has 104 valence electrons. The highest BCUT2D eigenvalue weighted by molar-refractivity contribution is 7.16. The van der Waals surface area contributed by atoms with Gasteiger partial charge in [0.15, 0.2) is 15.8 Å². The summed E-state index contributed by atoms with van der Waals surface area (Å²) >= 11 is 2.50. The van der Waals surface area contributed by atoms with Gasteiger partial charge in [-0.25, -0.2) is 14.8 Å². The van der Waals surface area contributed by atoms with Gasteiger partial charge in [-0.05, 0) is 25.7 Å². The zero-order chi connectivity index (χ0) is 14.1. The van der Waals surface area contributed by atoms with Gasteiger partial charge in [0.2, 0.25) is 0 Å². The number of aromatic carboxylic acids is 1. The lowest BCUT2D eigenvalue weighted by molar-refractivity contribution is 0.0691. The summed E-state index contributed by atoms with van der Waals surface area (Å²) in [7, 11) is 0. The Morgan fingerprint density at radius 1 is 1.25 bits per heavy atom. The van der Waals surface area contributed by atoms with Crippen LogP contribution in [0.25, 0.3) is 0 Å². The standard InChI is InChI=1S/C12H11N3O3S2/c16-9(10-13-7(5-19-10)11(17)18)15-12-14-6-3-1-2-4-8(6)20-12/h5H,1-4H2,(H,17,18)(H,14,15,16). The van der Waals surface area contributed by atoms with Crippen molar-refractivity contribution in [3.05, 3.63) is 26.7 Å². The van der Waals surface area contributed by atoms with Crippen LogP contribution in [0.2, 0.25) is 0 Å². The summed E-state index contributed by atoms with van der Waals surface area (Å²) in [6, 6.07) is 0. The van der Waals surface area contributed by atoms with Crippen LogP contribution >= 0.6 is 22.7 Å². The summed E-state index contributed by atoms with van der Waals surface area (Å²) in [6.45, 7) is 0. The summed E-state index contributed by atoms with van der Waals surface area (Å²) in [6.07, 6.45) is 4.28. The Labute approximate surface area is 122 Å². The van der Waals surface area contributed by atoms with Crippen LogP contribution in [0.4, 0.5) is 5.13 Å². The minimum absolute atomic E-state index is 0.112. The van der Waals surface area contributed by atoms with Crippen molar-refractivity contribution in [3.63, 3.8) is 0 Å². The van der Waals surface area contributed by atoms with E-state index in [9.17, 15) is 9.59 Å². The van der Waals surface area contributed by atoms with Gasteiger partial charge in [-0.2, -0.15) is 0 Å². The molecule has 0 bridgehead atoms. The Balaban J connectivity index is 1.74. The summed E-state index contributed by atoms with van der Waals surface area (Å²) in [5, 5.41) is 13.5. The van der Waals surface area contributed by atoms with E-state index in [0.717, 1.165) is 42.7 Å². The normalized spacial score (nSPS) is 13.8. The Morgan fingerprint density at radius 2 is 2.05 bits per heavy atom. The maximum Gasteiger partial charge on any atom is 0.355 e. The van der Waals surface area contributed by atoms with E-state index in [1.54, 1.807) is 0 Å². The predicted octanol–water partition coefficient (Wildman–Crippen LogP) is 2.43. The molecule has 1 aliphatic rings. The second kappa shape index (κ2) is 5.29. The van der Waals surface area contributed by atoms with Gasteiger partial charge in [0.05, 0.1) is 5.69 Å². The fraction of sp³-hybridized carbons (Fsp3) is 0.333. The van der Waals surface area contributed by atoms with Crippen LogP contribution in [0.3, 0.4) is 0 Å². The molecule has 2 N–H and O–H groups in total. The molecule has 3 rings (SSSR count). The number of nitrogens with zero attached hydrogens (tertiary/aromatic N) is 2. The zero-order valence-corrected chi connectivity index (χ0v) is 12.0. The quantitative estimate of drug-likeness (QED) is 0.908. The molecule has 0 unspecified atom stereocenters. The van der Waals surface area contributed by atoms with E-state index in [1.807, 2.05) is 0 Å². The number of thiazole rings is 2. The number of carbonyl (C=O) groups excluding carboxylic acids is 1. The molecule has 0 saturated carbocycles. The molecule has 8 heteroatoms.